The molecule has 118 valence electrons. The Morgan fingerprint density at radius 2 is 2.04 bits per heavy atom. The first-order valence-electron chi connectivity index (χ1n) is 7.09. The third-order valence-electron chi connectivity index (χ3n) is 3.26. The molecule has 0 aliphatic carbocycles. The minimum Gasteiger partial charge on any atom is -0.331 e. The fraction of sp³-hybridized carbons (Fsp3) is 0.200. The molecule has 2 N–H and O–H groups in total. The van der Waals surface area contributed by atoms with Gasteiger partial charge in [-0.15, -0.1) is 10.2 Å². The molecule has 0 saturated heterocycles. The van der Waals surface area contributed by atoms with Gasteiger partial charge in [0.05, 0.1) is 11.7 Å². The van der Waals surface area contributed by atoms with Gasteiger partial charge in [-0.1, -0.05) is 23.5 Å². The van der Waals surface area contributed by atoms with Crippen molar-refractivity contribution < 1.29 is 4.79 Å². The van der Waals surface area contributed by atoms with E-state index in [-0.39, 0.29) is 12.1 Å². The van der Waals surface area contributed by atoms with Crippen LogP contribution in [-0.2, 0) is 0 Å². The van der Waals surface area contributed by atoms with Crippen LogP contribution in [0.15, 0.2) is 42.7 Å². The van der Waals surface area contributed by atoms with Gasteiger partial charge in [0.25, 0.3) is 0 Å². The fourth-order valence-corrected chi connectivity index (χ4v) is 2.68. The van der Waals surface area contributed by atoms with E-state index in [4.69, 9.17) is 0 Å². The lowest BCUT2D eigenvalue weighted by molar-refractivity contribution is 0.249. The molecule has 3 aromatic rings. The molecule has 0 bridgehead atoms. The molecular weight excluding hydrogens is 312 g/mol. The summed E-state index contributed by atoms with van der Waals surface area (Å²) in [7, 11) is 0. The highest BCUT2D eigenvalue weighted by Gasteiger charge is 2.11. The molecule has 3 rings (SSSR count). The summed E-state index contributed by atoms with van der Waals surface area (Å²) in [6.07, 6.45) is 3.62. The fourth-order valence-electron chi connectivity index (χ4n) is 2.10. The van der Waals surface area contributed by atoms with E-state index in [2.05, 4.69) is 25.9 Å². The standard InChI is InChI=1S/C15H16N6OS/c1-10(17-14(22)18-15-20-19-11(2)23-15)12-4-6-13(7-5-12)21-9-3-8-16-21/h3-10H,1-2H3,(H2,17,18,20,22)/t10-/m0/s1. The SMILES string of the molecule is Cc1nnc(NC(=O)N[C@@H](C)c2ccc(-n3cccn3)cc2)s1. The van der Waals surface area contributed by atoms with Gasteiger partial charge in [0.15, 0.2) is 0 Å². The number of urea groups is 1. The van der Waals surface area contributed by atoms with Gasteiger partial charge in [0.1, 0.15) is 5.01 Å². The maximum absolute atomic E-state index is 12.0. The molecule has 0 aliphatic rings. The van der Waals surface area contributed by atoms with Crippen molar-refractivity contribution in [3.8, 4) is 5.69 Å². The highest BCUT2D eigenvalue weighted by molar-refractivity contribution is 7.15. The van der Waals surface area contributed by atoms with Gasteiger partial charge in [-0.25, -0.2) is 9.48 Å². The number of carbonyl (C=O) groups excluding carboxylic acids is 1. The quantitative estimate of drug-likeness (QED) is 0.771. The Kier molecular flexibility index (Phi) is 4.33. The van der Waals surface area contributed by atoms with E-state index < -0.39 is 0 Å². The van der Waals surface area contributed by atoms with Gasteiger partial charge in [0.2, 0.25) is 5.13 Å². The Bertz CT molecular complexity index is 781. The molecule has 0 unspecified atom stereocenters. The van der Waals surface area contributed by atoms with E-state index >= 15 is 0 Å². The smallest absolute Gasteiger partial charge is 0.321 e. The van der Waals surface area contributed by atoms with Gasteiger partial charge in [-0.2, -0.15) is 5.10 Å². The number of hydrogen-bond acceptors (Lipinski definition) is 5. The number of nitrogens with zero attached hydrogens (tertiary/aromatic N) is 4. The summed E-state index contributed by atoms with van der Waals surface area (Å²) in [4.78, 5) is 12.0. The van der Waals surface area contributed by atoms with Gasteiger partial charge in [-0.3, -0.25) is 5.32 Å². The maximum atomic E-state index is 12.0. The van der Waals surface area contributed by atoms with Gasteiger partial charge < -0.3 is 5.32 Å². The zero-order valence-corrected chi connectivity index (χ0v) is 13.5. The van der Waals surface area contributed by atoms with Crippen molar-refractivity contribution in [2.75, 3.05) is 5.32 Å². The summed E-state index contributed by atoms with van der Waals surface area (Å²) in [6.45, 7) is 3.76. The molecule has 2 aromatic heterocycles. The molecule has 23 heavy (non-hydrogen) atoms. The van der Waals surface area contributed by atoms with Crippen LogP contribution in [0.25, 0.3) is 5.69 Å². The monoisotopic (exact) mass is 328 g/mol. The number of amides is 2. The molecule has 7 nitrogen and oxygen atoms in total. The molecular formula is C15H16N6OS. The van der Waals surface area contributed by atoms with Crippen LogP contribution in [0.2, 0.25) is 0 Å². The lowest BCUT2D eigenvalue weighted by Gasteiger charge is -2.14. The predicted octanol–water partition coefficient (Wildman–Crippen LogP) is 2.91. The minimum absolute atomic E-state index is 0.129. The van der Waals surface area contributed by atoms with Gasteiger partial charge in [0, 0.05) is 12.4 Å². The van der Waals surface area contributed by atoms with Crippen molar-refractivity contribution in [3.05, 3.63) is 53.3 Å². The van der Waals surface area contributed by atoms with Crippen LogP contribution in [-0.4, -0.2) is 26.0 Å². The number of anilines is 1. The zero-order valence-electron chi connectivity index (χ0n) is 12.7. The van der Waals surface area contributed by atoms with Crippen LogP contribution >= 0.6 is 11.3 Å². The van der Waals surface area contributed by atoms with E-state index in [1.165, 1.54) is 11.3 Å². The summed E-state index contributed by atoms with van der Waals surface area (Å²) in [5, 5.41) is 18.8. The van der Waals surface area contributed by atoms with Gasteiger partial charge >= 0.3 is 6.03 Å². The number of hydrogen-bond donors (Lipinski definition) is 2. The molecule has 0 radical (unpaired) electrons. The molecule has 2 amide bonds. The Morgan fingerprint density at radius 1 is 1.26 bits per heavy atom. The van der Waals surface area contributed by atoms with E-state index in [1.54, 1.807) is 10.9 Å². The Labute approximate surface area is 137 Å². The molecule has 0 spiro atoms. The maximum Gasteiger partial charge on any atom is 0.321 e. The summed E-state index contributed by atoms with van der Waals surface area (Å²) < 4.78 is 1.78. The highest BCUT2D eigenvalue weighted by Crippen LogP contribution is 2.17. The predicted molar refractivity (Wildman–Crippen MR) is 88.8 cm³/mol. The van der Waals surface area contributed by atoms with E-state index in [0.29, 0.717) is 5.13 Å². The van der Waals surface area contributed by atoms with Crippen LogP contribution in [0, 0.1) is 6.92 Å². The van der Waals surface area contributed by atoms with Crippen molar-refractivity contribution in [1.29, 1.82) is 0 Å². The van der Waals surface area contributed by atoms with Crippen LogP contribution in [0.5, 0.6) is 0 Å². The first kappa shape index (κ1) is 15.2. The minimum atomic E-state index is -0.301. The molecule has 0 fully saturated rings. The first-order chi connectivity index (χ1) is 11.1. The highest BCUT2D eigenvalue weighted by atomic mass is 32.1. The lowest BCUT2D eigenvalue weighted by atomic mass is 10.1. The lowest BCUT2D eigenvalue weighted by Crippen LogP contribution is -2.31. The first-order valence-corrected chi connectivity index (χ1v) is 7.91. The normalized spacial score (nSPS) is 11.9. The molecule has 2 heterocycles. The van der Waals surface area contributed by atoms with Crippen LogP contribution in [0.1, 0.15) is 23.5 Å². The third-order valence-corrected chi connectivity index (χ3v) is 4.01. The Balaban J connectivity index is 1.61. The molecule has 1 atom stereocenters. The van der Waals surface area contributed by atoms with Gasteiger partial charge in [-0.05, 0) is 37.6 Å². The number of carbonyl (C=O) groups is 1. The van der Waals surface area contributed by atoms with Crippen molar-refractivity contribution in [2.45, 2.75) is 19.9 Å². The molecule has 0 saturated carbocycles. The Hall–Kier alpha value is -2.74. The summed E-state index contributed by atoms with van der Waals surface area (Å²) in [6, 6.07) is 9.31. The van der Waals surface area contributed by atoms with Crippen LogP contribution in [0.4, 0.5) is 9.93 Å². The second-order valence-corrected chi connectivity index (χ2v) is 6.17. The second kappa shape index (κ2) is 6.57. The third kappa shape index (κ3) is 3.72. The van der Waals surface area contributed by atoms with Crippen LogP contribution in [0.3, 0.4) is 0 Å². The molecule has 8 heteroatoms. The van der Waals surface area contributed by atoms with Crippen molar-refractivity contribution in [1.82, 2.24) is 25.3 Å². The largest absolute Gasteiger partial charge is 0.331 e. The van der Waals surface area contributed by atoms with Crippen LogP contribution < -0.4 is 10.6 Å². The molecule has 1 aromatic carbocycles. The number of rotatable bonds is 4. The van der Waals surface area contributed by atoms with Crippen molar-refractivity contribution >= 4 is 22.5 Å². The topological polar surface area (TPSA) is 84.7 Å². The summed E-state index contributed by atoms with van der Waals surface area (Å²) >= 11 is 1.34. The average molecular weight is 328 g/mol. The van der Waals surface area contributed by atoms with E-state index in [0.717, 1.165) is 16.3 Å². The van der Waals surface area contributed by atoms with E-state index in [1.807, 2.05) is 50.4 Å². The zero-order chi connectivity index (χ0) is 16.2. The number of nitrogens with one attached hydrogen (secondary N) is 2. The Morgan fingerprint density at radius 3 is 2.65 bits per heavy atom. The number of aryl methyl sites for hydroxylation is 1. The van der Waals surface area contributed by atoms with E-state index in [9.17, 15) is 4.79 Å². The average Bonchev–Trinajstić information content (AvgIpc) is 3.19. The summed E-state index contributed by atoms with van der Waals surface area (Å²) in [5.74, 6) is 0. The number of aromatic nitrogens is 4. The second-order valence-electron chi connectivity index (χ2n) is 4.99. The molecule has 0 aliphatic heterocycles. The van der Waals surface area contributed by atoms with Crippen molar-refractivity contribution in [3.63, 3.8) is 0 Å². The summed E-state index contributed by atoms with van der Waals surface area (Å²) in [5.41, 5.74) is 1.98. The van der Waals surface area contributed by atoms with Crippen molar-refractivity contribution in [2.24, 2.45) is 0 Å². The number of benzene rings is 1.